The van der Waals surface area contributed by atoms with Crippen LogP contribution in [0.4, 0.5) is 5.00 Å². The topological polar surface area (TPSA) is 61.2 Å². The van der Waals surface area contributed by atoms with Crippen LogP contribution in [0.2, 0.25) is 0 Å². The van der Waals surface area contributed by atoms with Gasteiger partial charge in [-0.05, 0) is 49.5 Å². The number of amides is 2. The number of nitriles is 1. The van der Waals surface area contributed by atoms with E-state index < -0.39 is 0 Å². The second kappa shape index (κ2) is 4.55. The van der Waals surface area contributed by atoms with Crippen LogP contribution in [0, 0.1) is 35.0 Å². The molecule has 2 bridgehead atoms. The molecule has 5 heteroatoms. The summed E-state index contributed by atoms with van der Waals surface area (Å²) < 4.78 is 0. The predicted molar refractivity (Wildman–Crippen MR) is 85.9 cm³/mol. The number of allylic oxidation sites excluding steroid dienone is 2. The molecule has 4 atom stereocenters. The minimum absolute atomic E-state index is 0.0769. The monoisotopic (exact) mass is 324 g/mol. The SMILES string of the molecule is N#Cc1c(N2C(=O)[C@@H]3[C@H](C2=O)[C@H]2C=C[C@@H]3C2)sc2c1CCCC2. The Bertz CT molecular complexity index is 786. The molecule has 0 unspecified atom stereocenters. The van der Waals surface area contributed by atoms with Gasteiger partial charge in [-0.3, -0.25) is 9.59 Å². The third kappa shape index (κ3) is 1.60. The lowest BCUT2D eigenvalue weighted by Gasteiger charge is -2.15. The third-order valence-electron chi connectivity index (χ3n) is 5.94. The van der Waals surface area contributed by atoms with E-state index in [1.165, 1.54) is 21.1 Å². The van der Waals surface area contributed by atoms with Gasteiger partial charge in [-0.15, -0.1) is 11.3 Å². The Balaban J connectivity index is 1.61. The van der Waals surface area contributed by atoms with Gasteiger partial charge in [0.1, 0.15) is 11.1 Å². The Hall–Kier alpha value is -1.93. The normalized spacial score (nSPS) is 34.0. The molecule has 0 aromatic carbocycles. The first-order valence-electron chi connectivity index (χ1n) is 8.31. The first kappa shape index (κ1) is 13.5. The molecule has 4 nitrogen and oxygen atoms in total. The van der Waals surface area contributed by atoms with Crippen molar-refractivity contribution in [1.82, 2.24) is 0 Å². The lowest BCUT2D eigenvalue weighted by atomic mass is 9.85. The number of aryl methyl sites for hydroxylation is 1. The van der Waals surface area contributed by atoms with Gasteiger partial charge in [-0.25, -0.2) is 4.90 Å². The van der Waals surface area contributed by atoms with Crippen LogP contribution in [0.5, 0.6) is 0 Å². The van der Waals surface area contributed by atoms with Crippen LogP contribution in [0.25, 0.3) is 0 Å². The second-order valence-corrected chi connectivity index (χ2v) is 8.10. The molecule has 0 radical (unpaired) electrons. The molecule has 2 amide bonds. The van der Waals surface area contributed by atoms with Crippen LogP contribution in [0.3, 0.4) is 0 Å². The molecule has 1 aliphatic heterocycles. The van der Waals surface area contributed by atoms with Crippen LogP contribution in [-0.4, -0.2) is 11.8 Å². The lowest BCUT2D eigenvalue weighted by Crippen LogP contribution is -2.32. The van der Waals surface area contributed by atoms with Crippen LogP contribution in [-0.2, 0) is 22.4 Å². The number of fused-ring (bicyclic) bond motifs is 6. The van der Waals surface area contributed by atoms with Gasteiger partial charge in [-0.2, -0.15) is 5.26 Å². The fourth-order valence-electron chi connectivity index (χ4n) is 4.93. The molecule has 0 N–H and O–H groups in total. The van der Waals surface area contributed by atoms with Gasteiger partial charge in [-0.1, -0.05) is 12.2 Å². The number of carbonyl (C=O) groups excluding carboxylic acids is 2. The fraction of sp³-hybridized carbons (Fsp3) is 0.500. The molecule has 5 rings (SSSR count). The van der Waals surface area contributed by atoms with Crippen LogP contribution >= 0.6 is 11.3 Å². The van der Waals surface area contributed by atoms with Crippen molar-refractivity contribution in [3.63, 3.8) is 0 Å². The van der Waals surface area contributed by atoms with E-state index in [1.54, 1.807) is 0 Å². The molecule has 4 aliphatic rings. The number of rotatable bonds is 1. The maximum Gasteiger partial charge on any atom is 0.238 e. The number of nitrogens with zero attached hydrogens (tertiary/aromatic N) is 2. The summed E-state index contributed by atoms with van der Waals surface area (Å²) in [4.78, 5) is 28.4. The summed E-state index contributed by atoms with van der Waals surface area (Å²) in [6.07, 6.45) is 9.20. The van der Waals surface area contributed by atoms with Gasteiger partial charge >= 0.3 is 0 Å². The fourth-order valence-corrected chi connectivity index (χ4v) is 6.28. The van der Waals surface area contributed by atoms with Gasteiger partial charge in [0.25, 0.3) is 0 Å². The van der Waals surface area contributed by atoms with Crippen molar-refractivity contribution >= 4 is 28.2 Å². The number of thiophene rings is 1. The maximum absolute atomic E-state index is 12.9. The van der Waals surface area contributed by atoms with Crippen molar-refractivity contribution < 1.29 is 9.59 Å². The number of carbonyl (C=O) groups is 2. The zero-order valence-electron chi connectivity index (χ0n) is 12.6. The number of hydrogen-bond donors (Lipinski definition) is 0. The van der Waals surface area contributed by atoms with E-state index in [0.29, 0.717) is 10.6 Å². The van der Waals surface area contributed by atoms with Gasteiger partial charge in [0, 0.05) is 4.88 Å². The van der Waals surface area contributed by atoms with E-state index in [2.05, 4.69) is 18.2 Å². The molecule has 2 heterocycles. The Morgan fingerprint density at radius 2 is 1.74 bits per heavy atom. The third-order valence-corrected chi connectivity index (χ3v) is 7.21. The zero-order chi connectivity index (χ0) is 15.7. The molecule has 1 aromatic heterocycles. The van der Waals surface area contributed by atoms with Crippen molar-refractivity contribution in [1.29, 1.82) is 5.26 Å². The quantitative estimate of drug-likeness (QED) is 0.589. The minimum Gasteiger partial charge on any atom is -0.274 e. The van der Waals surface area contributed by atoms with E-state index in [4.69, 9.17) is 0 Å². The molecule has 1 saturated carbocycles. The summed E-state index contributed by atoms with van der Waals surface area (Å²) in [7, 11) is 0. The molecule has 23 heavy (non-hydrogen) atoms. The summed E-state index contributed by atoms with van der Waals surface area (Å²) in [5.41, 5.74) is 1.66. The highest BCUT2D eigenvalue weighted by Gasteiger charge is 2.60. The number of imide groups is 1. The average Bonchev–Trinajstić information content (AvgIpc) is 3.29. The smallest absolute Gasteiger partial charge is 0.238 e. The summed E-state index contributed by atoms with van der Waals surface area (Å²) in [6.45, 7) is 0. The Morgan fingerprint density at radius 3 is 2.39 bits per heavy atom. The highest BCUT2D eigenvalue weighted by atomic mass is 32.1. The molecule has 1 saturated heterocycles. The highest BCUT2D eigenvalue weighted by molar-refractivity contribution is 7.17. The van der Waals surface area contributed by atoms with Crippen LogP contribution in [0.15, 0.2) is 12.2 Å². The van der Waals surface area contributed by atoms with Crippen molar-refractivity contribution in [2.24, 2.45) is 23.7 Å². The van der Waals surface area contributed by atoms with E-state index in [-0.39, 0.29) is 35.5 Å². The summed E-state index contributed by atoms with van der Waals surface area (Å²) in [5.74, 6) is -0.108. The van der Waals surface area contributed by atoms with Gasteiger partial charge < -0.3 is 0 Å². The molecule has 116 valence electrons. The summed E-state index contributed by atoms with van der Waals surface area (Å²) in [6, 6.07) is 2.27. The Kier molecular flexibility index (Phi) is 2.67. The Labute approximate surface area is 138 Å². The summed E-state index contributed by atoms with van der Waals surface area (Å²) >= 11 is 1.49. The van der Waals surface area contributed by atoms with E-state index in [1.807, 2.05) is 0 Å². The van der Waals surface area contributed by atoms with E-state index >= 15 is 0 Å². The van der Waals surface area contributed by atoms with Gasteiger partial charge in [0.15, 0.2) is 0 Å². The van der Waals surface area contributed by atoms with Crippen molar-refractivity contribution in [3.05, 3.63) is 28.2 Å². The average molecular weight is 324 g/mol. The van der Waals surface area contributed by atoms with Gasteiger partial charge in [0.05, 0.1) is 17.4 Å². The second-order valence-electron chi connectivity index (χ2n) is 7.01. The predicted octanol–water partition coefficient (Wildman–Crippen LogP) is 2.81. The molecule has 3 aliphatic carbocycles. The van der Waals surface area contributed by atoms with E-state index in [0.717, 1.165) is 37.7 Å². The number of anilines is 1. The largest absolute Gasteiger partial charge is 0.274 e. The summed E-state index contributed by atoms with van der Waals surface area (Å²) in [5, 5.41) is 10.2. The lowest BCUT2D eigenvalue weighted by molar-refractivity contribution is -0.123. The van der Waals surface area contributed by atoms with Crippen molar-refractivity contribution in [2.75, 3.05) is 4.90 Å². The molecular weight excluding hydrogens is 308 g/mol. The highest BCUT2D eigenvalue weighted by Crippen LogP contribution is 2.54. The van der Waals surface area contributed by atoms with Crippen LogP contribution in [0.1, 0.15) is 35.3 Å². The first-order chi connectivity index (χ1) is 11.2. The van der Waals surface area contributed by atoms with Crippen LogP contribution < -0.4 is 4.90 Å². The van der Waals surface area contributed by atoms with Crippen molar-refractivity contribution in [2.45, 2.75) is 32.1 Å². The Morgan fingerprint density at radius 1 is 1.09 bits per heavy atom. The molecule has 0 spiro atoms. The first-order valence-corrected chi connectivity index (χ1v) is 9.13. The van der Waals surface area contributed by atoms with Crippen molar-refractivity contribution in [3.8, 4) is 6.07 Å². The van der Waals surface area contributed by atoms with Gasteiger partial charge in [0.2, 0.25) is 11.8 Å². The molecule has 2 fully saturated rings. The standard InChI is InChI=1S/C18H16N2O2S/c19-8-12-11-3-1-2-4-13(11)23-18(12)20-16(21)14-9-5-6-10(7-9)15(14)17(20)22/h5-6,9-10,14-15H,1-4,7H2/t9-,10+,14+,15-. The maximum atomic E-state index is 12.9. The zero-order valence-corrected chi connectivity index (χ0v) is 13.4. The minimum atomic E-state index is -0.192. The van der Waals surface area contributed by atoms with E-state index in [9.17, 15) is 14.9 Å². The molecular formula is C18H16N2O2S. The number of hydrogen-bond acceptors (Lipinski definition) is 4. The molecule has 1 aromatic rings.